The minimum absolute atomic E-state index is 0.0447. The highest BCUT2D eigenvalue weighted by Gasteiger charge is 2.34. The van der Waals surface area contributed by atoms with Crippen molar-refractivity contribution in [2.45, 2.75) is 57.6 Å². The predicted octanol–water partition coefficient (Wildman–Crippen LogP) is 1.84. The quantitative estimate of drug-likeness (QED) is 0.808. The molecule has 1 aliphatic heterocycles. The number of rotatable bonds is 5. The second kappa shape index (κ2) is 6.43. The van der Waals surface area contributed by atoms with Crippen molar-refractivity contribution in [3.05, 3.63) is 0 Å². The van der Waals surface area contributed by atoms with Gasteiger partial charge in [0.15, 0.2) is 0 Å². The monoisotopic (exact) mass is 286 g/mol. The van der Waals surface area contributed by atoms with Crippen LogP contribution >= 0.6 is 0 Å². The summed E-state index contributed by atoms with van der Waals surface area (Å²) in [6.07, 6.45) is 2.30. The van der Waals surface area contributed by atoms with Crippen molar-refractivity contribution < 1.29 is 19.4 Å². The molecule has 1 heterocycles. The van der Waals surface area contributed by atoms with Gasteiger partial charge in [0.1, 0.15) is 0 Å². The van der Waals surface area contributed by atoms with Crippen molar-refractivity contribution in [3.8, 4) is 0 Å². The molecule has 0 radical (unpaired) electrons. The molecule has 1 aliphatic rings. The minimum Gasteiger partial charge on any atom is -0.481 e. The lowest BCUT2D eigenvalue weighted by atomic mass is 9.94. The number of methoxy groups -OCH3 is 1. The number of carbonyl (C=O) groups excluding carboxylic acids is 1. The molecule has 0 aromatic heterocycles. The number of carboxylic acid groups (broad SMARTS) is 1. The van der Waals surface area contributed by atoms with Gasteiger partial charge in [0.2, 0.25) is 0 Å². The summed E-state index contributed by atoms with van der Waals surface area (Å²) in [5.74, 6) is -0.850. The maximum atomic E-state index is 12.3. The van der Waals surface area contributed by atoms with Crippen LogP contribution in [0.4, 0.5) is 4.79 Å². The van der Waals surface area contributed by atoms with Crippen LogP contribution in [-0.2, 0) is 9.53 Å². The van der Waals surface area contributed by atoms with E-state index in [-0.39, 0.29) is 18.1 Å². The number of likely N-dealkylation sites (tertiary alicyclic amines) is 1. The van der Waals surface area contributed by atoms with Gasteiger partial charge in [-0.2, -0.15) is 0 Å². The highest BCUT2D eigenvalue weighted by Crippen LogP contribution is 2.24. The van der Waals surface area contributed by atoms with E-state index in [9.17, 15) is 9.59 Å². The molecular formula is C14H26N2O4. The van der Waals surface area contributed by atoms with Crippen LogP contribution in [0.3, 0.4) is 0 Å². The molecule has 1 saturated heterocycles. The van der Waals surface area contributed by atoms with Gasteiger partial charge in [-0.3, -0.25) is 4.79 Å². The van der Waals surface area contributed by atoms with Gasteiger partial charge in [0.05, 0.1) is 12.1 Å². The van der Waals surface area contributed by atoms with Crippen molar-refractivity contribution in [2.24, 2.45) is 0 Å². The molecule has 1 unspecified atom stereocenters. The van der Waals surface area contributed by atoms with Crippen molar-refractivity contribution in [2.75, 3.05) is 20.2 Å². The summed E-state index contributed by atoms with van der Waals surface area (Å²) in [4.78, 5) is 24.6. The van der Waals surface area contributed by atoms with Crippen molar-refractivity contribution >= 4 is 12.0 Å². The molecule has 0 aromatic rings. The molecule has 0 saturated carbocycles. The molecule has 116 valence electrons. The number of ether oxygens (including phenoxy) is 1. The van der Waals surface area contributed by atoms with E-state index < -0.39 is 11.5 Å². The molecule has 0 aromatic carbocycles. The van der Waals surface area contributed by atoms with Crippen LogP contribution in [0, 0.1) is 0 Å². The number of aliphatic carboxylic acids is 1. The van der Waals surface area contributed by atoms with Gasteiger partial charge in [0.25, 0.3) is 0 Å². The maximum Gasteiger partial charge on any atom is 0.317 e. The summed E-state index contributed by atoms with van der Waals surface area (Å²) in [6.45, 7) is 6.95. The van der Waals surface area contributed by atoms with E-state index in [1.807, 2.05) is 20.8 Å². The van der Waals surface area contributed by atoms with Crippen LogP contribution < -0.4 is 5.32 Å². The van der Waals surface area contributed by atoms with Gasteiger partial charge in [-0.25, -0.2) is 4.79 Å². The zero-order valence-corrected chi connectivity index (χ0v) is 12.9. The zero-order valence-electron chi connectivity index (χ0n) is 12.9. The molecule has 0 spiro atoms. The molecule has 1 rings (SSSR count). The summed E-state index contributed by atoms with van der Waals surface area (Å²) in [5.41, 5.74) is -0.822. The average Bonchev–Trinajstić information content (AvgIpc) is 2.36. The fraction of sp³-hybridized carbons (Fsp3) is 0.857. The molecule has 2 N–H and O–H groups in total. The first-order chi connectivity index (χ1) is 9.17. The summed E-state index contributed by atoms with van der Waals surface area (Å²) < 4.78 is 5.47. The number of nitrogens with one attached hydrogen (secondary N) is 1. The number of urea groups is 1. The molecule has 2 amide bonds. The van der Waals surface area contributed by atoms with Crippen LogP contribution in [0.1, 0.15) is 46.5 Å². The Morgan fingerprint density at radius 3 is 2.65 bits per heavy atom. The smallest absolute Gasteiger partial charge is 0.317 e. The van der Waals surface area contributed by atoms with E-state index >= 15 is 0 Å². The number of piperidine rings is 1. The standard InChI is InChI=1S/C14H26N2O4/c1-13(2,8-6-11(17)18)15-12(19)16-9-5-7-14(3,10-16)20-4/h5-10H2,1-4H3,(H,15,19)(H,17,18). The van der Waals surface area contributed by atoms with Gasteiger partial charge in [-0.1, -0.05) is 0 Å². The fourth-order valence-corrected chi connectivity index (χ4v) is 2.40. The highest BCUT2D eigenvalue weighted by atomic mass is 16.5. The third-order valence-corrected chi connectivity index (χ3v) is 3.85. The average molecular weight is 286 g/mol. The first kappa shape index (κ1) is 16.8. The highest BCUT2D eigenvalue weighted by molar-refractivity contribution is 5.75. The van der Waals surface area contributed by atoms with Crippen molar-refractivity contribution in [1.82, 2.24) is 10.2 Å². The topological polar surface area (TPSA) is 78.9 Å². The van der Waals surface area contributed by atoms with Gasteiger partial charge >= 0.3 is 12.0 Å². The third-order valence-electron chi connectivity index (χ3n) is 3.85. The molecule has 0 aliphatic carbocycles. The van der Waals surface area contributed by atoms with Crippen LogP contribution in [0.25, 0.3) is 0 Å². The van der Waals surface area contributed by atoms with Gasteiger partial charge in [-0.15, -0.1) is 0 Å². The number of hydrogen-bond donors (Lipinski definition) is 2. The molecule has 6 heteroatoms. The fourth-order valence-electron chi connectivity index (χ4n) is 2.40. The van der Waals surface area contributed by atoms with Gasteiger partial charge < -0.3 is 20.1 Å². The van der Waals surface area contributed by atoms with Crippen LogP contribution in [0.5, 0.6) is 0 Å². The number of hydrogen-bond acceptors (Lipinski definition) is 3. The van der Waals surface area contributed by atoms with Gasteiger partial charge in [0, 0.05) is 25.6 Å². The number of amides is 2. The predicted molar refractivity (Wildman–Crippen MR) is 75.7 cm³/mol. The zero-order chi connectivity index (χ0) is 15.4. The Hall–Kier alpha value is -1.30. The number of nitrogens with zero attached hydrogens (tertiary/aromatic N) is 1. The first-order valence-electron chi connectivity index (χ1n) is 7.01. The Bertz CT molecular complexity index is 370. The number of carboxylic acids is 1. The van der Waals surface area contributed by atoms with E-state index in [2.05, 4.69) is 5.32 Å². The summed E-state index contributed by atoms with van der Waals surface area (Å²) in [5, 5.41) is 11.6. The number of carbonyl (C=O) groups is 2. The van der Waals surface area contributed by atoms with E-state index in [0.717, 1.165) is 12.8 Å². The minimum atomic E-state index is -0.850. The summed E-state index contributed by atoms with van der Waals surface area (Å²) in [6, 6.07) is -0.150. The Kier molecular flexibility index (Phi) is 5.39. The second-order valence-electron chi connectivity index (χ2n) is 6.39. The van der Waals surface area contributed by atoms with Crippen molar-refractivity contribution in [1.29, 1.82) is 0 Å². The Morgan fingerprint density at radius 2 is 2.10 bits per heavy atom. The van der Waals surface area contributed by atoms with Crippen LogP contribution in [-0.4, -0.2) is 53.3 Å². The summed E-state index contributed by atoms with van der Waals surface area (Å²) in [7, 11) is 1.66. The Balaban J connectivity index is 2.55. The largest absolute Gasteiger partial charge is 0.481 e. The van der Waals surface area contributed by atoms with Crippen LogP contribution in [0.2, 0.25) is 0 Å². The molecule has 6 nitrogen and oxygen atoms in total. The Labute approximate surface area is 120 Å². The summed E-state index contributed by atoms with van der Waals surface area (Å²) >= 11 is 0. The van der Waals surface area contributed by atoms with E-state index in [0.29, 0.717) is 19.5 Å². The van der Waals surface area contributed by atoms with Gasteiger partial charge in [-0.05, 0) is 40.0 Å². The van der Waals surface area contributed by atoms with E-state index in [1.54, 1.807) is 12.0 Å². The first-order valence-corrected chi connectivity index (χ1v) is 7.01. The molecule has 0 bridgehead atoms. The van der Waals surface area contributed by atoms with Crippen LogP contribution in [0.15, 0.2) is 0 Å². The Morgan fingerprint density at radius 1 is 1.45 bits per heavy atom. The second-order valence-corrected chi connectivity index (χ2v) is 6.39. The molecule has 20 heavy (non-hydrogen) atoms. The molecule has 1 atom stereocenters. The normalized spacial score (nSPS) is 23.5. The molecular weight excluding hydrogens is 260 g/mol. The van der Waals surface area contributed by atoms with E-state index in [1.165, 1.54) is 0 Å². The van der Waals surface area contributed by atoms with Crippen molar-refractivity contribution in [3.63, 3.8) is 0 Å². The molecule has 1 fully saturated rings. The maximum absolute atomic E-state index is 12.3. The lowest BCUT2D eigenvalue weighted by Gasteiger charge is -2.40. The SMILES string of the molecule is COC1(C)CCCN(C(=O)NC(C)(C)CCC(=O)O)C1. The third kappa shape index (κ3) is 5.00. The lowest BCUT2D eigenvalue weighted by molar-refractivity contribution is -0.137. The lowest BCUT2D eigenvalue weighted by Crippen LogP contribution is -2.56. The van der Waals surface area contributed by atoms with E-state index in [4.69, 9.17) is 9.84 Å².